The number of carbonyl (C=O) groups excluding carboxylic acids is 1. The summed E-state index contributed by atoms with van der Waals surface area (Å²) < 4.78 is 45.9. The zero-order valence-corrected chi connectivity index (χ0v) is 17.0. The standard InChI is InChI=1S/C18H24N2O6S/c1-11(2)20-15(18(21)26-12(3)4)10-14(19-27(20,22)23)13-7-8-16(24-5)17(9-13)25-6/h7-12H,1-6H3. The van der Waals surface area contributed by atoms with Crippen molar-refractivity contribution in [2.24, 2.45) is 4.40 Å². The van der Waals surface area contributed by atoms with Gasteiger partial charge in [-0.2, -0.15) is 8.42 Å². The molecule has 0 saturated carbocycles. The SMILES string of the molecule is COc1ccc(C2=NS(=O)(=O)N(C(C)C)C(C(=O)OC(C)C)=C2)cc1OC. The molecular formula is C18H24N2O6S. The number of allylic oxidation sites excluding steroid dienone is 1. The highest BCUT2D eigenvalue weighted by Crippen LogP contribution is 2.30. The Balaban J connectivity index is 2.60. The molecule has 1 aromatic carbocycles. The fourth-order valence-electron chi connectivity index (χ4n) is 2.61. The van der Waals surface area contributed by atoms with Gasteiger partial charge in [-0.25, -0.2) is 9.10 Å². The molecule has 0 amide bonds. The van der Waals surface area contributed by atoms with Gasteiger partial charge in [0.25, 0.3) is 0 Å². The van der Waals surface area contributed by atoms with Crippen LogP contribution < -0.4 is 9.47 Å². The third-order valence-electron chi connectivity index (χ3n) is 3.67. The van der Waals surface area contributed by atoms with Gasteiger partial charge in [-0.15, -0.1) is 4.40 Å². The van der Waals surface area contributed by atoms with E-state index in [2.05, 4.69) is 4.40 Å². The monoisotopic (exact) mass is 396 g/mol. The molecule has 2 rings (SSSR count). The van der Waals surface area contributed by atoms with Crippen LogP contribution in [0, 0.1) is 0 Å². The lowest BCUT2D eigenvalue weighted by atomic mass is 10.1. The number of hydrogen-bond donors (Lipinski definition) is 0. The lowest BCUT2D eigenvalue weighted by Gasteiger charge is -2.30. The van der Waals surface area contributed by atoms with Crippen LogP contribution in [-0.4, -0.2) is 50.8 Å². The normalized spacial score (nSPS) is 16.1. The number of methoxy groups -OCH3 is 2. The quantitative estimate of drug-likeness (QED) is 0.685. The van der Waals surface area contributed by atoms with Crippen LogP contribution in [0.4, 0.5) is 0 Å². The molecule has 9 heteroatoms. The molecule has 0 unspecified atom stereocenters. The number of ether oxygens (including phenoxy) is 3. The summed E-state index contributed by atoms with van der Waals surface area (Å²) in [5.74, 6) is 0.184. The molecule has 8 nitrogen and oxygen atoms in total. The van der Waals surface area contributed by atoms with Gasteiger partial charge in [-0.05, 0) is 52.0 Å². The van der Waals surface area contributed by atoms with Gasteiger partial charge in [-0.1, -0.05) is 0 Å². The highest BCUT2D eigenvalue weighted by atomic mass is 32.2. The van der Waals surface area contributed by atoms with Crippen LogP contribution in [0.2, 0.25) is 0 Å². The Bertz CT molecular complexity index is 887. The van der Waals surface area contributed by atoms with Crippen LogP contribution in [0.1, 0.15) is 33.3 Å². The minimum absolute atomic E-state index is 0.0847. The third kappa shape index (κ3) is 4.41. The Morgan fingerprint density at radius 1 is 1.07 bits per heavy atom. The average Bonchev–Trinajstić information content (AvgIpc) is 2.58. The highest BCUT2D eigenvalue weighted by molar-refractivity contribution is 7.88. The first-order valence-corrected chi connectivity index (χ1v) is 9.79. The molecule has 0 aliphatic carbocycles. The van der Waals surface area contributed by atoms with E-state index in [1.54, 1.807) is 45.9 Å². The zero-order valence-electron chi connectivity index (χ0n) is 16.2. The Kier molecular flexibility index (Phi) is 6.15. The fraction of sp³-hybridized carbons (Fsp3) is 0.444. The van der Waals surface area contributed by atoms with Crippen molar-refractivity contribution < 1.29 is 27.4 Å². The van der Waals surface area contributed by atoms with E-state index in [1.165, 1.54) is 20.3 Å². The number of nitrogens with zero attached hydrogens (tertiary/aromatic N) is 2. The third-order valence-corrected chi connectivity index (χ3v) is 5.22. The molecule has 1 aromatic rings. The predicted octanol–water partition coefficient (Wildman–Crippen LogP) is 2.30. The van der Waals surface area contributed by atoms with Crippen molar-refractivity contribution in [3.8, 4) is 11.5 Å². The summed E-state index contributed by atoms with van der Waals surface area (Å²) >= 11 is 0. The lowest BCUT2D eigenvalue weighted by molar-refractivity contribution is -0.144. The van der Waals surface area contributed by atoms with Crippen molar-refractivity contribution >= 4 is 21.9 Å². The van der Waals surface area contributed by atoms with Crippen molar-refractivity contribution in [3.05, 3.63) is 35.5 Å². The van der Waals surface area contributed by atoms with Gasteiger partial charge in [-0.3, -0.25) is 0 Å². The van der Waals surface area contributed by atoms with E-state index in [0.717, 1.165) is 4.31 Å². The maximum Gasteiger partial charge on any atom is 0.356 e. The second kappa shape index (κ2) is 7.99. The van der Waals surface area contributed by atoms with Crippen LogP contribution in [0.5, 0.6) is 11.5 Å². The Hall–Kier alpha value is -2.55. The lowest BCUT2D eigenvalue weighted by Crippen LogP contribution is -2.41. The van der Waals surface area contributed by atoms with E-state index < -0.39 is 28.3 Å². The summed E-state index contributed by atoms with van der Waals surface area (Å²) in [5, 5.41) is 0. The first kappa shape index (κ1) is 20.8. The van der Waals surface area contributed by atoms with Crippen LogP contribution in [-0.2, 0) is 19.7 Å². The Morgan fingerprint density at radius 3 is 2.22 bits per heavy atom. The maximum absolute atomic E-state index is 12.7. The van der Waals surface area contributed by atoms with Crippen LogP contribution in [0.3, 0.4) is 0 Å². The van der Waals surface area contributed by atoms with Gasteiger partial charge in [0.15, 0.2) is 11.5 Å². The van der Waals surface area contributed by atoms with Crippen molar-refractivity contribution in [2.75, 3.05) is 14.2 Å². The number of hydrogen-bond acceptors (Lipinski definition) is 6. The second-order valence-corrected chi connectivity index (χ2v) is 7.87. The smallest absolute Gasteiger partial charge is 0.356 e. The molecular weight excluding hydrogens is 372 g/mol. The Morgan fingerprint density at radius 2 is 1.70 bits per heavy atom. The molecule has 0 atom stereocenters. The van der Waals surface area contributed by atoms with E-state index in [0.29, 0.717) is 17.1 Å². The van der Waals surface area contributed by atoms with Gasteiger partial charge in [0.1, 0.15) is 5.70 Å². The Labute approximate surface area is 159 Å². The zero-order chi connectivity index (χ0) is 20.4. The van der Waals surface area contributed by atoms with Crippen molar-refractivity contribution in [1.29, 1.82) is 0 Å². The minimum atomic E-state index is -4.11. The molecule has 0 bridgehead atoms. The molecule has 0 radical (unpaired) electrons. The second-order valence-electron chi connectivity index (χ2n) is 6.40. The van der Waals surface area contributed by atoms with E-state index >= 15 is 0 Å². The van der Waals surface area contributed by atoms with Gasteiger partial charge < -0.3 is 14.2 Å². The summed E-state index contributed by atoms with van der Waals surface area (Å²) in [7, 11) is -1.13. The van der Waals surface area contributed by atoms with Crippen LogP contribution in [0.15, 0.2) is 34.4 Å². The van der Waals surface area contributed by atoms with E-state index in [-0.39, 0.29) is 11.4 Å². The first-order valence-electron chi connectivity index (χ1n) is 8.40. The molecule has 27 heavy (non-hydrogen) atoms. The summed E-state index contributed by atoms with van der Waals surface area (Å²) in [5.41, 5.74) is 0.497. The summed E-state index contributed by atoms with van der Waals surface area (Å²) in [6.07, 6.45) is 1.02. The largest absolute Gasteiger partial charge is 0.493 e. The van der Waals surface area contributed by atoms with Crippen molar-refractivity contribution in [3.63, 3.8) is 0 Å². The van der Waals surface area contributed by atoms with Gasteiger partial charge in [0, 0.05) is 11.6 Å². The molecule has 1 aliphatic rings. The van der Waals surface area contributed by atoms with E-state index in [4.69, 9.17) is 14.2 Å². The number of esters is 1. The molecule has 0 aromatic heterocycles. The maximum atomic E-state index is 12.7. The van der Waals surface area contributed by atoms with Gasteiger partial charge in [0.2, 0.25) is 0 Å². The number of benzene rings is 1. The molecule has 1 heterocycles. The average molecular weight is 396 g/mol. The highest BCUT2D eigenvalue weighted by Gasteiger charge is 2.36. The fourth-order valence-corrected chi connectivity index (χ4v) is 4.01. The van der Waals surface area contributed by atoms with Crippen molar-refractivity contribution in [2.45, 2.75) is 39.8 Å². The van der Waals surface area contributed by atoms with Crippen molar-refractivity contribution in [1.82, 2.24) is 4.31 Å². The minimum Gasteiger partial charge on any atom is -0.493 e. The molecule has 0 saturated heterocycles. The van der Waals surface area contributed by atoms with E-state index in [9.17, 15) is 13.2 Å². The number of carbonyl (C=O) groups is 1. The van der Waals surface area contributed by atoms with Gasteiger partial charge in [0.05, 0.1) is 26.0 Å². The topological polar surface area (TPSA) is 94.5 Å². The van der Waals surface area contributed by atoms with E-state index in [1.807, 2.05) is 0 Å². The number of rotatable bonds is 6. The summed E-state index contributed by atoms with van der Waals surface area (Å²) in [6.45, 7) is 6.70. The predicted molar refractivity (Wildman–Crippen MR) is 101 cm³/mol. The van der Waals surface area contributed by atoms with Crippen LogP contribution >= 0.6 is 0 Å². The molecule has 0 spiro atoms. The molecule has 1 aliphatic heterocycles. The molecule has 0 fully saturated rings. The summed E-state index contributed by atoms with van der Waals surface area (Å²) in [6, 6.07) is 4.37. The molecule has 0 N–H and O–H groups in total. The molecule has 148 valence electrons. The van der Waals surface area contributed by atoms with Gasteiger partial charge >= 0.3 is 16.2 Å². The summed E-state index contributed by atoms with van der Waals surface area (Å²) in [4.78, 5) is 12.5. The van der Waals surface area contributed by atoms with Crippen LogP contribution in [0.25, 0.3) is 0 Å². The first-order chi connectivity index (χ1) is 12.6.